The summed E-state index contributed by atoms with van der Waals surface area (Å²) in [6.45, 7) is 17.1. The van der Waals surface area contributed by atoms with Crippen LogP contribution in [0.5, 0.6) is 0 Å². The predicted octanol–water partition coefficient (Wildman–Crippen LogP) is 4.39. The van der Waals surface area contributed by atoms with E-state index in [1.807, 2.05) is 27.8 Å². The average Bonchev–Trinajstić information content (AvgIpc) is 2.72. The van der Waals surface area contributed by atoms with Crippen molar-refractivity contribution in [1.82, 2.24) is 9.88 Å². The van der Waals surface area contributed by atoms with E-state index in [1.54, 1.807) is 7.11 Å². The number of anilines is 1. The molecular formula is C25H46N4O2. The molecule has 6 heteroatoms. The third-order valence-corrected chi connectivity index (χ3v) is 5.34. The highest BCUT2D eigenvalue weighted by molar-refractivity contribution is 5.44. The molecule has 0 spiro atoms. The Labute approximate surface area is 190 Å². The van der Waals surface area contributed by atoms with Crippen molar-refractivity contribution in [2.24, 2.45) is 5.73 Å². The summed E-state index contributed by atoms with van der Waals surface area (Å²) < 4.78 is 11.3. The van der Waals surface area contributed by atoms with Gasteiger partial charge in [-0.05, 0) is 78.0 Å². The molecule has 0 radical (unpaired) electrons. The zero-order valence-electron chi connectivity index (χ0n) is 21.0. The number of nitrogens with two attached hydrogens (primary N) is 1. The van der Waals surface area contributed by atoms with Crippen LogP contribution in [0.15, 0.2) is 24.5 Å². The van der Waals surface area contributed by atoms with E-state index in [9.17, 15) is 0 Å². The zero-order valence-corrected chi connectivity index (χ0v) is 21.0. The summed E-state index contributed by atoms with van der Waals surface area (Å²) in [6, 6.07) is 4.18. The lowest BCUT2D eigenvalue weighted by Gasteiger charge is -2.29. The third-order valence-electron chi connectivity index (χ3n) is 5.34. The van der Waals surface area contributed by atoms with Crippen molar-refractivity contribution in [3.63, 3.8) is 0 Å². The van der Waals surface area contributed by atoms with Gasteiger partial charge in [0, 0.05) is 32.9 Å². The van der Waals surface area contributed by atoms with Crippen molar-refractivity contribution in [3.8, 4) is 0 Å². The molecule has 0 aliphatic heterocycles. The molecule has 0 aromatic carbocycles. The zero-order chi connectivity index (χ0) is 23.4. The number of aryl methyl sites for hydroxylation is 2. The van der Waals surface area contributed by atoms with E-state index >= 15 is 0 Å². The number of unbranched alkanes of at least 4 members (excludes halogenated alkanes) is 1. The minimum Gasteiger partial charge on any atom is -0.491 e. The summed E-state index contributed by atoms with van der Waals surface area (Å²) in [5.74, 6) is 1.66. The summed E-state index contributed by atoms with van der Waals surface area (Å²) >= 11 is 0. The van der Waals surface area contributed by atoms with Crippen LogP contribution in [0.2, 0.25) is 0 Å². The normalized spacial score (nSPS) is 13.8. The monoisotopic (exact) mass is 434 g/mol. The third kappa shape index (κ3) is 11.0. The lowest BCUT2D eigenvalue weighted by molar-refractivity contribution is 0.0403. The van der Waals surface area contributed by atoms with Gasteiger partial charge in [0.1, 0.15) is 17.2 Å². The van der Waals surface area contributed by atoms with E-state index in [0.29, 0.717) is 5.76 Å². The highest BCUT2D eigenvalue weighted by atomic mass is 16.5. The molecule has 1 aromatic rings. The molecule has 1 unspecified atom stereocenters. The maximum atomic E-state index is 6.32. The molecule has 1 aromatic heterocycles. The molecule has 0 aliphatic carbocycles. The number of rotatable bonds is 15. The second-order valence-electron chi connectivity index (χ2n) is 9.29. The van der Waals surface area contributed by atoms with Gasteiger partial charge in [-0.3, -0.25) is 0 Å². The quantitative estimate of drug-likeness (QED) is 0.315. The molecule has 6 nitrogen and oxygen atoms in total. The highest BCUT2D eigenvalue weighted by Gasteiger charge is 2.18. The molecule has 0 aliphatic rings. The second-order valence-corrected chi connectivity index (χ2v) is 9.29. The minimum atomic E-state index is -0.268. The number of methoxy groups -OCH3 is 1. The number of pyridine rings is 1. The van der Waals surface area contributed by atoms with Crippen LogP contribution in [0.4, 0.5) is 5.82 Å². The smallest absolute Gasteiger partial charge is 0.129 e. The van der Waals surface area contributed by atoms with Crippen molar-refractivity contribution >= 4 is 5.82 Å². The fourth-order valence-electron chi connectivity index (χ4n) is 3.50. The van der Waals surface area contributed by atoms with Crippen molar-refractivity contribution < 1.29 is 9.47 Å². The second kappa shape index (κ2) is 13.7. The van der Waals surface area contributed by atoms with Crippen molar-refractivity contribution in [2.45, 2.75) is 84.5 Å². The van der Waals surface area contributed by atoms with E-state index in [-0.39, 0.29) is 17.7 Å². The molecule has 0 saturated carbocycles. The number of hydrogen-bond donors (Lipinski definition) is 2. The predicted molar refractivity (Wildman–Crippen MR) is 132 cm³/mol. The van der Waals surface area contributed by atoms with Gasteiger partial charge in [-0.25, -0.2) is 4.98 Å². The molecule has 3 N–H and O–H groups in total. The van der Waals surface area contributed by atoms with Crippen molar-refractivity contribution in [3.05, 3.63) is 35.7 Å². The SMILES string of the molecule is C=C(OC(C)(C)C)C(N)CCN(CCCCc1ccc(CC)c(NC)n1)C[C@@H](C)OC. The maximum absolute atomic E-state index is 6.32. The van der Waals surface area contributed by atoms with Crippen molar-refractivity contribution in [1.29, 1.82) is 0 Å². The Kier molecular flexibility index (Phi) is 12.1. The molecule has 1 heterocycles. The Balaban J connectivity index is 2.53. The standard InChI is InChI=1S/C25H46N4O2/c1-9-21-13-14-22(28-24(21)27-7)12-10-11-16-29(18-19(2)30-8)17-15-23(26)20(3)31-25(4,5)6/h13-14,19,23H,3,9-12,15-18,26H2,1-2,4-8H3,(H,27,28)/t19-,23?/m1/s1. The van der Waals surface area contributed by atoms with Gasteiger partial charge < -0.3 is 25.4 Å². The van der Waals surface area contributed by atoms with Gasteiger partial charge in [0.05, 0.1) is 12.1 Å². The minimum absolute atomic E-state index is 0.166. The Morgan fingerprint density at radius 3 is 2.55 bits per heavy atom. The van der Waals surface area contributed by atoms with Crippen molar-refractivity contribution in [2.75, 3.05) is 39.1 Å². The Morgan fingerprint density at radius 1 is 1.26 bits per heavy atom. The number of aromatic nitrogens is 1. The Morgan fingerprint density at radius 2 is 1.97 bits per heavy atom. The Hall–Kier alpha value is -1.63. The lowest BCUT2D eigenvalue weighted by Crippen LogP contribution is -2.37. The first-order chi connectivity index (χ1) is 14.6. The van der Waals surface area contributed by atoms with E-state index in [0.717, 1.165) is 63.3 Å². The largest absolute Gasteiger partial charge is 0.491 e. The van der Waals surface area contributed by atoms with Gasteiger partial charge in [-0.1, -0.05) is 19.6 Å². The Bertz CT molecular complexity index is 657. The van der Waals surface area contributed by atoms with E-state index in [2.05, 4.69) is 42.8 Å². The number of nitrogens with zero attached hydrogens (tertiary/aromatic N) is 2. The molecule has 1 rings (SSSR count). The lowest BCUT2D eigenvalue weighted by atomic mass is 10.1. The first-order valence-electron chi connectivity index (χ1n) is 11.6. The van der Waals surface area contributed by atoms with Crippen LogP contribution in [-0.2, 0) is 22.3 Å². The first kappa shape index (κ1) is 27.4. The first-order valence-corrected chi connectivity index (χ1v) is 11.6. The number of nitrogens with one attached hydrogen (secondary N) is 1. The fourth-order valence-corrected chi connectivity index (χ4v) is 3.50. The molecule has 2 atom stereocenters. The van der Waals surface area contributed by atoms with Crippen LogP contribution in [-0.4, -0.2) is 61.4 Å². The molecule has 0 fully saturated rings. The van der Waals surface area contributed by atoms with Crippen LogP contribution in [0, 0.1) is 0 Å². The van der Waals surface area contributed by atoms with E-state index in [4.69, 9.17) is 20.2 Å². The molecule has 0 saturated heterocycles. The summed E-state index contributed by atoms with van der Waals surface area (Å²) in [7, 11) is 3.70. The summed E-state index contributed by atoms with van der Waals surface area (Å²) in [5, 5.41) is 3.21. The molecular weight excluding hydrogens is 388 g/mol. The van der Waals surface area contributed by atoms with Gasteiger partial charge >= 0.3 is 0 Å². The van der Waals surface area contributed by atoms with Crippen LogP contribution >= 0.6 is 0 Å². The fraction of sp³-hybridized carbons (Fsp3) is 0.720. The van der Waals surface area contributed by atoms with Crippen LogP contribution < -0.4 is 11.1 Å². The van der Waals surface area contributed by atoms with Gasteiger partial charge in [0.2, 0.25) is 0 Å². The maximum Gasteiger partial charge on any atom is 0.129 e. The van der Waals surface area contributed by atoms with Crippen LogP contribution in [0.3, 0.4) is 0 Å². The van der Waals surface area contributed by atoms with Gasteiger partial charge in [0.15, 0.2) is 0 Å². The van der Waals surface area contributed by atoms with Gasteiger partial charge in [-0.2, -0.15) is 0 Å². The van der Waals surface area contributed by atoms with Crippen LogP contribution in [0.1, 0.15) is 65.1 Å². The summed E-state index contributed by atoms with van der Waals surface area (Å²) in [6.07, 6.45) is 5.19. The van der Waals surface area contributed by atoms with E-state index < -0.39 is 0 Å². The molecule has 0 amide bonds. The topological polar surface area (TPSA) is 72.6 Å². The summed E-state index contributed by atoms with van der Waals surface area (Å²) in [5.41, 5.74) is 8.47. The highest BCUT2D eigenvalue weighted by Crippen LogP contribution is 2.17. The van der Waals surface area contributed by atoms with Crippen LogP contribution in [0.25, 0.3) is 0 Å². The molecule has 0 bridgehead atoms. The van der Waals surface area contributed by atoms with Gasteiger partial charge in [-0.15, -0.1) is 0 Å². The van der Waals surface area contributed by atoms with Gasteiger partial charge in [0.25, 0.3) is 0 Å². The van der Waals surface area contributed by atoms with E-state index in [1.165, 1.54) is 5.56 Å². The molecule has 31 heavy (non-hydrogen) atoms. The molecule has 178 valence electrons. The summed E-state index contributed by atoms with van der Waals surface area (Å²) in [4.78, 5) is 7.20. The number of hydrogen-bond acceptors (Lipinski definition) is 6. The average molecular weight is 435 g/mol. The number of ether oxygens (including phenoxy) is 2.